The van der Waals surface area contributed by atoms with E-state index in [1.165, 1.54) is 106 Å². The second-order valence-corrected chi connectivity index (χ2v) is 29.2. The first-order chi connectivity index (χ1) is 52.3. The molecule has 0 saturated heterocycles. The molecular weight excluding hydrogens is 1630 g/mol. The summed E-state index contributed by atoms with van der Waals surface area (Å²) in [5, 5.41) is 57.7. The van der Waals surface area contributed by atoms with Crippen molar-refractivity contribution in [3.63, 3.8) is 0 Å². The Kier molecular flexibility index (Phi) is 64.1. The van der Waals surface area contributed by atoms with E-state index >= 15 is 0 Å². The molecule has 0 N–H and O–H groups in total. The van der Waals surface area contributed by atoms with Gasteiger partial charge < -0.3 is 69.1 Å². The molecule has 0 atom stereocenters. The molecule has 10 aromatic rings. The van der Waals surface area contributed by atoms with Crippen molar-refractivity contribution in [2.24, 2.45) is 9.98 Å². The second kappa shape index (κ2) is 66.0. The van der Waals surface area contributed by atoms with Crippen LogP contribution in [-0.2, 0) is 34.1 Å². The van der Waals surface area contributed by atoms with Crippen LogP contribution in [-0.4, -0.2) is 66.9 Å². The average molecular weight is 1710 g/mol. The van der Waals surface area contributed by atoms with E-state index in [0.29, 0.717) is 0 Å². The Morgan fingerprint density at radius 1 is 0.250 bits per heavy atom. The summed E-state index contributed by atoms with van der Waals surface area (Å²) in [4.78, 5) is 9.93. The number of hydrogen-bond acceptors (Lipinski definition) is 8. The molecule has 10 rings (SSSR count). The molecule has 0 aliphatic rings. The van der Waals surface area contributed by atoms with E-state index in [2.05, 4.69) is 304 Å². The van der Waals surface area contributed by atoms with Crippen LogP contribution in [0.3, 0.4) is 0 Å². The van der Waals surface area contributed by atoms with E-state index in [0.717, 1.165) is 25.4 Å². The monoisotopic (exact) mass is 1710 g/mol. The Labute approximate surface area is 672 Å². The van der Waals surface area contributed by atoms with Gasteiger partial charge in [0, 0.05) is 78.2 Å². The molecular formula is C78H76B4F16Fe2N8P4. The van der Waals surface area contributed by atoms with Gasteiger partial charge in [-0.2, -0.15) is 31.6 Å². The van der Waals surface area contributed by atoms with Crippen LogP contribution in [0.2, 0.25) is 0 Å². The summed E-state index contributed by atoms with van der Waals surface area (Å²) in [7, 11) is -26.2. The van der Waals surface area contributed by atoms with E-state index in [4.69, 9.17) is 41.6 Å². The average Bonchev–Trinajstić information content (AvgIpc) is 0.809. The Hall–Kier alpha value is -9.62. The third-order valence-electron chi connectivity index (χ3n) is 12.1. The number of halogens is 16. The largest absolute Gasteiger partial charge is 2.00 e. The first kappa shape index (κ1) is 109. The van der Waals surface area contributed by atoms with Gasteiger partial charge in [0.15, 0.2) is 0 Å². The van der Waals surface area contributed by atoms with Gasteiger partial charge in [-0.1, -0.05) is 291 Å². The van der Waals surface area contributed by atoms with Crippen LogP contribution in [0.5, 0.6) is 0 Å². The van der Waals surface area contributed by atoms with Crippen LogP contribution < -0.4 is 53.0 Å². The summed E-state index contributed by atoms with van der Waals surface area (Å²) < 4.78 is 156. The molecule has 588 valence electrons. The van der Waals surface area contributed by atoms with Crippen LogP contribution in [0.4, 0.5) is 69.1 Å². The molecule has 0 amide bonds. The van der Waals surface area contributed by atoms with E-state index in [9.17, 15) is 69.1 Å². The maximum Gasteiger partial charge on any atom is 2.00 e. The maximum atomic E-state index is 9.75. The summed E-state index contributed by atoms with van der Waals surface area (Å²) in [6, 6.07) is 115. The van der Waals surface area contributed by atoms with Gasteiger partial charge in [-0.05, 0) is 97.1 Å². The normalized spacial score (nSPS) is 9.89. The zero-order chi connectivity index (χ0) is 83.1. The Morgan fingerprint density at radius 3 is 0.545 bits per heavy atom. The van der Waals surface area contributed by atoms with Crippen molar-refractivity contribution in [1.29, 1.82) is 31.6 Å². The third-order valence-corrected chi connectivity index (χ3v) is 22.1. The number of nitrogens with zero attached hydrogens (tertiary/aromatic N) is 8. The Morgan fingerprint density at radius 2 is 0.384 bits per heavy atom. The second-order valence-electron chi connectivity index (χ2n) is 20.2. The molecule has 0 spiro atoms. The molecule has 8 nitrogen and oxygen atoms in total. The molecule has 0 radical (unpaired) electrons. The predicted octanol–water partition coefficient (Wildman–Crippen LogP) is 20.4. The SMILES string of the molecule is C(=NCCP(c1ccccc1)c1ccccc1)c1ccccc1P(c1ccccc1)c1ccccc1.C(=NCCP(c1ccccc1)c1ccccc1)c1ccccc1P(c1ccccc1)c1ccccc1.CC#N.CC#N.CC#N.CC#N.CC#N.CC#N.F[B-](F)(F)F.F[B-](F)(F)F.F[B-](F)(F)F.F[B-](F)(F)F.[Fe+2].[Fe+2]. The summed E-state index contributed by atoms with van der Waals surface area (Å²) in [5.74, 6) is 0. The molecule has 0 fully saturated rings. The van der Waals surface area contributed by atoms with Crippen molar-refractivity contribution in [2.75, 3.05) is 25.4 Å². The molecule has 0 aliphatic heterocycles. The van der Waals surface area contributed by atoms with E-state index in [1.807, 2.05) is 0 Å². The summed E-state index contributed by atoms with van der Waals surface area (Å²) in [6.07, 6.45) is 6.27. The molecule has 112 heavy (non-hydrogen) atoms. The first-order valence-corrected chi connectivity index (χ1v) is 38.1. The first-order valence-electron chi connectivity index (χ1n) is 32.4. The quantitative estimate of drug-likeness (QED) is 0.0359. The Balaban J connectivity index is -0.000000709. The summed E-state index contributed by atoms with van der Waals surface area (Å²) >= 11 is 0. The molecule has 0 aliphatic carbocycles. The van der Waals surface area contributed by atoms with Gasteiger partial charge in [0.05, 0.1) is 36.4 Å². The molecule has 0 heterocycles. The molecule has 34 heteroatoms. The minimum Gasteiger partial charge on any atom is -0.418 e. The maximum absolute atomic E-state index is 9.75. The van der Waals surface area contributed by atoms with Crippen molar-refractivity contribution in [1.82, 2.24) is 0 Å². The van der Waals surface area contributed by atoms with Crippen LogP contribution in [0.1, 0.15) is 52.7 Å². The number of benzene rings is 10. The van der Waals surface area contributed by atoms with Crippen molar-refractivity contribution < 1.29 is 103 Å². The fourth-order valence-corrected chi connectivity index (χ4v) is 17.9. The van der Waals surface area contributed by atoms with Gasteiger partial charge in [0.25, 0.3) is 0 Å². The zero-order valence-electron chi connectivity index (χ0n) is 61.1. The minimum atomic E-state index is -6.00. The van der Waals surface area contributed by atoms with Crippen molar-refractivity contribution in [3.8, 4) is 36.4 Å². The minimum absolute atomic E-state index is 0. The van der Waals surface area contributed by atoms with E-state index < -0.39 is 60.7 Å². The summed E-state index contributed by atoms with van der Waals surface area (Å²) in [6.45, 7) is 10.2. The Bertz CT molecular complexity index is 3800. The van der Waals surface area contributed by atoms with E-state index in [-0.39, 0.29) is 34.1 Å². The number of rotatable bonds is 18. The number of hydrogen-bond donors (Lipinski definition) is 0. The summed E-state index contributed by atoms with van der Waals surface area (Å²) in [5.41, 5.74) is 2.42. The number of aliphatic imine (C=N–C) groups is 2. The third kappa shape index (κ3) is 58.3. The van der Waals surface area contributed by atoms with Crippen molar-refractivity contribution >= 4 is 126 Å². The van der Waals surface area contributed by atoms with Crippen molar-refractivity contribution in [3.05, 3.63) is 302 Å². The smallest absolute Gasteiger partial charge is 0.418 e. The van der Waals surface area contributed by atoms with Gasteiger partial charge in [0.2, 0.25) is 0 Å². The van der Waals surface area contributed by atoms with Crippen LogP contribution in [0, 0.1) is 68.0 Å². The van der Waals surface area contributed by atoms with Gasteiger partial charge in [-0.15, -0.1) is 0 Å². The fourth-order valence-electron chi connectivity index (χ4n) is 8.65. The predicted molar refractivity (Wildman–Crippen MR) is 432 cm³/mol. The topological polar surface area (TPSA) is 167 Å². The molecule has 0 aromatic heterocycles. The fraction of sp³-hybridized carbons (Fsp3) is 0.128. The van der Waals surface area contributed by atoms with Gasteiger partial charge in [-0.25, -0.2) is 0 Å². The van der Waals surface area contributed by atoms with E-state index in [1.54, 1.807) is 36.4 Å². The van der Waals surface area contributed by atoms with Crippen molar-refractivity contribution in [2.45, 2.75) is 41.5 Å². The van der Waals surface area contributed by atoms with Crippen LogP contribution >= 0.6 is 31.7 Å². The van der Waals surface area contributed by atoms with Crippen LogP contribution in [0.25, 0.3) is 0 Å². The molecule has 0 bridgehead atoms. The number of nitriles is 6. The van der Waals surface area contributed by atoms with Gasteiger partial charge in [0.1, 0.15) is 0 Å². The zero-order valence-corrected chi connectivity index (χ0v) is 66.9. The molecule has 0 saturated carbocycles. The van der Waals surface area contributed by atoms with Gasteiger partial charge >= 0.3 is 63.2 Å². The molecule has 0 unspecified atom stereocenters. The van der Waals surface area contributed by atoms with Crippen LogP contribution in [0.15, 0.2) is 301 Å². The van der Waals surface area contributed by atoms with Gasteiger partial charge in [-0.3, -0.25) is 9.98 Å². The standard InChI is InChI=1S/2C33H29NP2.6C2H3N.4BF4.2Fe/c2*1-5-16-29(17-6-1)35(30-18-7-2-8-19-30)26-25-34-27-28-15-13-14-24-33(28)36(31-20-9-3-10-21-31)32-22-11-4-12-23-32;6*1-2-3;4*2-1(3,4)5;;/h2*1-24,27H,25-26H2;6*1H3;;;;;;/q;;;;;;;;4*-1;2*+2. The molecule has 10 aromatic carbocycles.